The largest absolute Gasteiger partial charge is 0.341 e. The molecule has 3 aromatic rings. The highest BCUT2D eigenvalue weighted by Gasteiger charge is 2.51. The van der Waals surface area contributed by atoms with Crippen LogP contribution in [-0.2, 0) is 13.0 Å². The molecule has 1 aliphatic rings. The zero-order chi connectivity index (χ0) is 26.6. The molecule has 0 aliphatic heterocycles. The molecule has 0 unspecified atom stereocenters. The average molecular weight is 468 g/mol. The zero-order valence-electron chi connectivity index (χ0n) is 24.3. The number of benzene rings is 1. The monoisotopic (exact) mass is 469 g/mol. The van der Waals surface area contributed by atoms with Gasteiger partial charge in [-0.2, -0.15) is 0 Å². The molecule has 1 aliphatic carbocycles. The summed E-state index contributed by atoms with van der Waals surface area (Å²) < 4.78 is 0. The minimum absolute atomic E-state index is 0.0500. The van der Waals surface area contributed by atoms with Gasteiger partial charge in [-0.25, -0.2) is 4.98 Å². The first-order valence-electron chi connectivity index (χ1n) is 13.6. The Labute approximate surface area is 226 Å². The fourth-order valence-electron chi connectivity index (χ4n) is 6.16. The predicted molar refractivity (Wildman–Crippen MR) is 183 cm³/mol. The van der Waals surface area contributed by atoms with E-state index in [4.69, 9.17) is 15.7 Å². The van der Waals surface area contributed by atoms with Crippen molar-refractivity contribution in [2.24, 2.45) is 5.73 Å². The predicted octanol–water partition coefficient (Wildman–Crippen LogP) is -9.49. The van der Waals surface area contributed by atoms with Crippen molar-refractivity contribution in [1.82, 2.24) is 19.9 Å². The Kier molecular flexibility index (Phi) is 7.33. The van der Waals surface area contributed by atoms with Crippen molar-refractivity contribution in [3.05, 3.63) is 35.4 Å². The van der Waals surface area contributed by atoms with Crippen molar-refractivity contribution >= 4 is 111 Å². The maximum atomic E-state index is 6.36. The van der Waals surface area contributed by atoms with Gasteiger partial charge in [0.1, 0.15) is 52.9 Å². The Morgan fingerprint density at radius 2 is 1.67 bits per heavy atom. The van der Waals surface area contributed by atoms with Gasteiger partial charge in [0.25, 0.3) is 0 Å². The van der Waals surface area contributed by atoms with E-state index in [1.54, 1.807) is 0 Å². The highest BCUT2D eigenvalue weighted by atomic mass is 15.2. The van der Waals surface area contributed by atoms with Crippen molar-refractivity contribution in [3.63, 3.8) is 0 Å². The van der Waals surface area contributed by atoms with Crippen LogP contribution in [0.5, 0.6) is 0 Å². The Balaban J connectivity index is 1.87. The fraction of sp³-hybridized carbons (Fsp3) is 0.429. The lowest BCUT2D eigenvalue weighted by atomic mass is 9.19. The summed E-state index contributed by atoms with van der Waals surface area (Å²) >= 11 is 0. The Bertz CT molecular complexity index is 1250. The summed E-state index contributed by atoms with van der Waals surface area (Å²) in [6.45, 7) is 1.38. The molecule has 1 aromatic carbocycles. The molecule has 2 heterocycles. The summed E-state index contributed by atoms with van der Waals surface area (Å²) in [6.07, 6.45) is 5.33. The lowest BCUT2D eigenvalue weighted by Gasteiger charge is -2.60. The summed E-state index contributed by atoms with van der Waals surface area (Å²) in [5, 5.41) is -0.306. The number of rotatable bonds is 7. The Morgan fingerprint density at radius 3 is 2.33 bits per heavy atom. The van der Waals surface area contributed by atoms with Crippen molar-refractivity contribution in [2.75, 3.05) is 6.54 Å². The smallest absolute Gasteiger partial charge is 0.141 e. The summed E-state index contributed by atoms with van der Waals surface area (Å²) in [6, 6.07) is 4.57. The van der Waals surface area contributed by atoms with Crippen molar-refractivity contribution < 1.29 is 0 Å². The van der Waals surface area contributed by atoms with Crippen LogP contribution in [-0.4, -0.2) is 110 Å². The second kappa shape index (κ2) is 9.62. The molecule has 3 N–H and O–H groups in total. The highest BCUT2D eigenvalue weighted by Crippen LogP contribution is 2.52. The van der Waals surface area contributed by atoms with Crippen LogP contribution < -0.4 is 27.6 Å². The first-order valence-corrected chi connectivity index (χ1v) is 13.6. The molecule has 1 atom stereocenters. The van der Waals surface area contributed by atoms with Crippen LogP contribution >= 0.6 is 0 Å². The number of imidazole rings is 1. The number of nitrogens with two attached hydrogens (primary N) is 1. The van der Waals surface area contributed by atoms with Gasteiger partial charge in [0, 0.05) is 6.20 Å². The number of fused-ring (bicyclic) bond motifs is 2. The number of aromatic amines is 1. The van der Waals surface area contributed by atoms with Gasteiger partial charge in [-0.3, -0.25) is 9.88 Å². The van der Waals surface area contributed by atoms with Gasteiger partial charge in [-0.05, 0) is 42.8 Å². The van der Waals surface area contributed by atoms with Gasteiger partial charge in [0.2, 0.25) is 0 Å². The molecule has 4 rings (SSSR count). The summed E-state index contributed by atoms with van der Waals surface area (Å²) in [5.74, 6) is 1.03. The van der Waals surface area contributed by atoms with Gasteiger partial charge in [-0.15, -0.1) is 0 Å². The molecule has 5 nitrogen and oxygen atoms in total. The van der Waals surface area contributed by atoms with Crippen LogP contribution in [0.3, 0.4) is 0 Å². The van der Waals surface area contributed by atoms with E-state index in [1.807, 2.05) is 6.20 Å². The zero-order valence-corrected chi connectivity index (χ0v) is 24.3. The molecule has 0 fully saturated rings. The molecule has 0 amide bonds. The number of aromatic nitrogens is 3. The first kappa shape index (κ1) is 27.4. The molecule has 0 spiro atoms. The number of H-pyrrole nitrogens is 1. The second-order valence-electron chi connectivity index (χ2n) is 12.8. The molecule has 0 saturated carbocycles. The van der Waals surface area contributed by atoms with E-state index < -0.39 is 0 Å². The molecule has 0 radical (unpaired) electrons. The number of nitrogens with zero attached hydrogens (tertiary/aromatic N) is 3. The van der Waals surface area contributed by atoms with Crippen LogP contribution in [0, 0.1) is 0 Å². The molecular formula is C21H37B10N5. The highest BCUT2D eigenvalue weighted by molar-refractivity contribution is 6.66. The number of aryl methyl sites for hydroxylation is 1. The fourth-order valence-corrected chi connectivity index (χ4v) is 6.16. The summed E-state index contributed by atoms with van der Waals surface area (Å²) in [4.78, 5) is 16.6. The standard InChI is InChI=1S/C21H37B10N5/c22-12-13(23)15(25)18-17(14(12)24)34-11(35-18)7-36(21(30,31)20(28,29)19(26,27)8-32)10-5-1-3-9-4-2-6-33-16(9)10/h2,4,6,10H,1,3,5,7-8,22-32H2,(H,34,35)/t10-/m0/s1. The number of pyridine rings is 1. The number of hydrogen-bond acceptors (Lipinski definition) is 4. The van der Waals surface area contributed by atoms with E-state index in [1.165, 1.54) is 45.0 Å². The van der Waals surface area contributed by atoms with E-state index in [2.05, 4.69) is 100 Å². The van der Waals surface area contributed by atoms with Gasteiger partial charge in [0.05, 0.1) is 60.7 Å². The van der Waals surface area contributed by atoms with E-state index in [9.17, 15) is 0 Å². The van der Waals surface area contributed by atoms with E-state index in [0.29, 0.717) is 6.54 Å². The summed E-state index contributed by atoms with van der Waals surface area (Å²) in [7, 11) is 23.0. The third kappa shape index (κ3) is 4.28. The third-order valence-electron chi connectivity index (χ3n) is 10.5. The molecule has 176 valence electrons. The minimum atomic E-state index is -0.179. The molecular weight excluding hydrogens is 430 g/mol. The van der Waals surface area contributed by atoms with Crippen LogP contribution in [0.1, 0.15) is 36.0 Å². The third-order valence-corrected chi connectivity index (χ3v) is 10.5. The van der Waals surface area contributed by atoms with Crippen LogP contribution in [0.4, 0.5) is 0 Å². The maximum Gasteiger partial charge on any atom is 0.141 e. The van der Waals surface area contributed by atoms with Crippen molar-refractivity contribution in [1.29, 1.82) is 0 Å². The minimum Gasteiger partial charge on any atom is -0.341 e. The van der Waals surface area contributed by atoms with E-state index in [0.717, 1.165) is 30.7 Å². The van der Waals surface area contributed by atoms with Crippen molar-refractivity contribution in [2.45, 2.75) is 47.6 Å². The maximum absolute atomic E-state index is 6.36. The number of nitrogens with one attached hydrogen (secondary N) is 1. The first-order chi connectivity index (χ1) is 16.7. The number of hydrogen-bond donors (Lipinski definition) is 2. The van der Waals surface area contributed by atoms with Gasteiger partial charge >= 0.3 is 0 Å². The van der Waals surface area contributed by atoms with Gasteiger partial charge in [-0.1, -0.05) is 38.3 Å². The molecule has 0 saturated heterocycles. The Morgan fingerprint density at radius 1 is 1.00 bits per heavy atom. The normalized spacial score (nSPS) is 16.9. The lowest BCUT2D eigenvalue weighted by molar-refractivity contribution is 0.106. The quantitative estimate of drug-likeness (QED) is 0.339. The molecule has 36 heavy (non-hydrogen) atoms. The van der Waals surface area contributed by atoms with Gasteiger partial charge in [0.15, 0.2) is 0 Å². The van der Waals surface area contributed by atoms with E-state index >= 15 is 0 Å². The lowest BCUT2D eigenvalue weighted by Crippen LogP contribution is -2.64. The van der Waals surface area contributed by atoms with E-state index in [-0.39, 0.29) is 21.8 Å². The molecule has 15 heteroatoms. The average Bonchev–Trinajstić information content (AvgIpc) is 3.28. The van der Waals surface area contributed by atoms with Crippen LogP contribution in [0.25, 0.3) is 11.0 Å². The topological polar surface area (TPSA) is 70.8 Å². The van der Waals surface area contributed by atoms with Crippen LogP contribution in [0.15, 0.2) is 18.3 Å². The molecule has 0 bridgehead atoms. The SMILES string of the molecule is Bc1c(B)c(B)c2[nH]c(CN([C@H]3CCCc4cccnc43)C(B)(B)C(B)(B)C(B)(B)CN)nc2c1B. The van der Waals surface area contributed by atoms with Crippen LogP contribution in [0.2, 0.25) is 10.4 Å². The second-order valence-corrected chi connectivity index (χ2v) is 12.8. The summed E-state index contributed by atoms with van der Waals surface area (Å²) in [5.41, 5.74) is 16.5. The Hall–Kier alpha value is -1.59. The molecule has 2 aromatic heterocycles. The van der Waals surface area contributed by atoms with Crippen molar-refractivity contribution in [3.8, 4) is 0 Å². The van der Waals surface area contributed by atoms with Gasteiger partial charge < -0.3 is 10.7 Å².